The third-order valence-electron chi connectivity index (χ3n) is 3.57. The van der Waals surface area contributed by atoms with Crippen molar-refractivity contribution in [3.05, 3.63) is 35.3 Å². The number of aryl methyl sites for hydroxylation is 1. The maximum atomic E-state index is 13.4. The number of carbonyl (C=O) groups is 2. The summed E-state index contributed by atoms with van der Waals surface area (Å²) in [6.07, 6.45) is 0.298. The molecule has 5 nitrogen and oxygen atoms in total. The number of hydrogen-bond acceptors (Lipinski definition) is 2. The molecule has 2 aromatic rings. The summed E-state index contributed by atoms with van der Waals surface area (Å²) >= 11 is 0. The van der Waals surface area contributed by atoms with Crippen LogP contribution in [0.5, 0.6) is 0 Å². The Morgan fingerprint density at radius 2 is 2.00 bits per heavy atom. The van der Waals surface area contributed by atoms with E-state index in [1.165, 1.54) is 12.1 Å². The molecule has 0 aliphatic carbocycles. The molecule has 0 fully saturated rings. The van der Waals surface area contributed by atoms with Crippen molar-refractivity contribution in [3.63, 3.8) is 0 Å². The lowest BCUT2D eigenvalue weighted by atomic mass is 9.98. The maximum Gasteiger partial charge on any atom is 0.303 e. The first-order valence-electron chi connectivity index (χ1n) is 7.01. The molecule has 0 atom stereocenters. The molecule has 1 heterocycles. The fourth-order valence-electron chi connectivity index (χ4n) is 2.35. The van der Waals surface area contributed by atoms with Crippen LogP contribution in [0.1, 0.15) is 42.7 Å². The molecule has 22 heavy (non-hydrogen) atoms. The average molecular weight is 306 g/mol. The lowest BCUT2D eigenvalue weighted by Gasteiger charge is -2.25. The number of halogens is 1. The highest BCUT2D eigenvalue weighted by atomic mass is 19.1. The molecule has 118 valence electrons. The van der Waals surface area contributed by atoms with Gasteiger partial charge in [0.15, 0.2) is 0 Å². The van der Waals surface area contributed by atoms with Gasteiger partial charge >= 0.3 is 5.97 Å². The van der Waals surface area contributed by atoms with Gasteiger partial charge in [-0.2, -0.15) is 0 Å². The summed E-state index contributed by atoms with van der Waals surface area (Å²) in [6.45, 7) is 5.31. The lowest BCUT2D eigenvalue weighted by molar-refractivity contribution is -0.137. The van der Waals surface area contributed by atoms with Gasteiger partial charge in [-0.05, 0) is 51.0 Å². The van der Waals surface area contributed by atoms with Crippen molar-refractivity contribution in [2.24, 2.45) is 0 Å². The Morgan fingerprint density at radius 1 is 1.32 bits per heavy atom. The number of H-pyrrole nitrogens is 1. The van der Waals surface area contributed by atoms with Crippen molar-refractivity contribution < 1.29 is 19.1 Å². The fourth-order valence-corrected chi connectivity index (χ4v) is 2.35. The number of nitrogens with one attached hydrogen (secondary N) is 2. The third kappa shape index (κ3) is 3.63. The molecule has 0 bridgehead atoms. The fraction of sp³-hybridized carbons (Fsp3) is 0.375. The molecule has 3 N–H and O–H groups in total. The smallest absolute Gasteiger partial charge is 0.303 e. The third-order valence-corrected chi connectivity index (χ3v) is 3.57. The second-order valence-electron chi connectivity index (χ2n) is 6.10. The number of rotatable bonds is 5. The normalized spacial score (nSPS) is 11.6. The van der Waals surface area contributed by atoms with Crippen LogP contribution in [0.2, 0.25) is 0 Å². The number of benzene rings is 1. The van der Waals surface area contributed by atoms with E-state index in [-0.39, 0.29) is 18.1 Å². The Labute approximate surface area is 127 Å². The summed E-state index contributed by atoms with van der Waals surface area (Å²) in [5.41, 5.74) is 0.987. The second kappa shape index (κ2) is 5.79. The number of carbonyl (C=O) groups excluding carboxylic acids is 1. The van der Waals surface area contributed by atoms with Crippen molar-refractivity contribution in [2.75, 3.05) is 0 Å². The van der Waals surface area contributed by atoms with Gasteiger partial charge in [0.1, 0.15) is 11.5 Å². The number of fused-ring (bicyclic) bond motifs is 1. The largest absolute Gasteiger partial charge is 0.481 e. The van der Waals surface area contributed by atoms with Gasteiger partial charge in [0.25, 0.3) is 5.91 Å². The van der Waals surface area contributed by atoms with Gasteiger partial charge in [-0.3, -0.25) is 9.59 Å². The predicted octanol–water partition coefficient (Wildman–Crippen LogP) is 2.99. The molecular formula is C16H19FN2O3. The number of amides is 1. The zero-order chi connectivity index (χ0) is 16.5. The average Bonchev–Trinajstić information content (AvgIpc) is 2.80. The van der Waals surface area contributed by atoms with Crippen LogP contribution in [0.25, 0.3) is 10.9 Å². The summed E-state index contributed by atoms with van der Waals surface area (Å²) in [5, 5.41) is 12.3. The number of aromatic amines is 1. The zero-order valence-electron chi connectivity index (χ0n) is 12.8. The van der Waals surface area contributed by atoms with Gasteiger partial charge in [0.05, 0.1) is 0 Å². The first-order valence-corrected chi connectivity index (χ1v) is 7.01. The number of carboxylic acid groups (broad SMARTS) is 1. The summed E-state index contributed by atoms with van der Waals surface area (Å²) in [5.74, 6) is -1.61. The Bertz CT molecular complexity index is 734. The van der Waals surface area contributed by atoms with Crippen molar-refractivity contribution in [2.45, 2.75) is 39.2 Å². The second-order valence-corrected chi connectivity index (χ2v) is 6.10. The van der Waals surface area contributed by atoms with Crippen LogP contribution in [0.15, 0.2) is 18.2 Å². The minimum atomic E-state index is -0.904. The molecular weight excluding hydrogens is 287 g/mol. The van der Waals surface area contributed by atoms with Gasteiger partial charge in [-0.1, -0.05) is 0 Å². The quantitative estimate of drug-likeness (QED) is 0.794. The highest BCUT2D eigenvalue weighted by Gasteiger charge is 2.23. The van der Waals surface area contributed by atoms with Gasteiger partial charge in [-0.25, -0.2) is 4.39 Å². The van der Waals surface area contributed by atoms with E-state index in [0.717, 1.165) is 10.9 Å². The Morgan fingerprint density at radius 3 is 2.64 bits per heavy atom. The molecule has 6 heteroatoms. The Balaban J connectivity index is 2.19. The molecule has 0 saturated carbocycles. The highest BCUT2D eigenvalue weighted by Crippen LogP contribution is 2.22. The highest BCUT2D eigenvalue weighted by molar-refractivity contribution is 5.99. The molecule has 0 aliphatic rings. The molecule has 0 aliphatic heterocycles. The summed E-state index contributed by atoms with van der Waals surface area (Å²) in [4.78, 5) is 25.8. The molecule has 0 unspecified atom stereocenters. The number of aliphatic carboxylic acids is 1. The lowest BCUT2D eigenvalue weighted by Crippen LogP contribution is -2.43. The van der Waals surface area contributed by atoms with Gasteiger partial charge in [0, 0.05) is 22.9 Å². The van der Waals surface area contributed by atoms with E-state index in [9.17, 15) is 14.0 Å². The first kappa shape index (κ1) is 16.0. The first-order chi connectivity index (χ1) is 10.2. The van der Waals surface area contributed by atoms with Crippen molar-refractivity contribution in [1.82, 2.24) is 10.3 Å². The van der Waals surface area contributed by atoms with E-state index in [0.29, 0.717) is 17.6 Å². The van der Waals surface area contributed by atoms with Crippen molar-refractivity contribution in [1.29, 1.82) is 0 Å². The Hall–Kier alpha value is -2.37. The summed E-state index contributed by atoms with van der Waals surface area (Å²) in [6, 6.07) is 4.43. The number of carboxylic acids is 1. The minimum absolute atomic E-state index is 0.0235. The molecule has 2 rings (SSSR count). The summed E-state index contributed by atoms with van der Waals surface area (Å²) in [7, 11) is 0. The molecule has 1 aromatic carbocycles. The molecule has 0 spiro atoms. The summed E-state index contributed by atoms with van der Waals surface area (Å²) < 4.78 is 13.4. The van der Waals surface area contributed by atoms with Gasteiger partial charge < -0.3 is 15.4 Å². The van der Waals surface area contributed by atoms with Gasteiger partial charge in [-0.15, -0.1) is 0 Å². The standard InChI is InChI=1S/C16H19FN2O3/c1-9-6-10(17)7-12-11(9)8-13(18-12)15(22)19-16(2,3)5-4-14(20)21/h6-8,18H,4-5H2,1-3H3,(H,19,22)(H,20,21). The van der Waals surface area contributed by atoms with Crippen LogP contribution in [0.4, 0.5) is 4.39 Å². The maximum absolute atomic E-state index is 13.4. The van der Waals surface area contributed by atoms with E-state index in [2.05, 4.69) is 10.3 Å². The van der Waals surface area contributed by atoms with E-state index in [4.69, 9.17) is 5.11 Å². The Kier molecular flexibility index (Phi) is 4.21. The molecule has 1 aromatic heterocycles. The van der Waals surface area contributed by atoms with Crippen LogP contribution in [-0.2, 0) is 4.79 Å². The SMILES string of the molecule is Cc1cc(F)cc2[nH]c(C(=O)NC(C)(C)CCC(=O)O)cc12. The predicted molar refractivity (Wildman–Crippen MR) is 81.4 cm³/mol. The molecule has 0 saturated heterocycles. The number of hydrogen-bond donors (Lipinski definition) is 3. The topological polar surface area (TPSA) is 82.2 Å². The van der Waals surface area contributed by atoms with E-state index in [1.807, 2.05) is 0 Å². The van der Waals surface area contributed by atoms with Crippen LogP contribution in [0.3, 0.4) is 0 Å². The van der Waals surface area contributed by atoms with Crippen LogP contribution in [-0.4, -0.2) is 27.5 Å². The number of aromatic nitrogens is 1. The van der Waals surface area contributed by atoms with E-state index >= 15 is 0 Å². The van der Waals surface area contributed by atoms with Crippen LogP contribution in [0, 0.1) is 12.7 Å². The monoisotopic (exact) mass is 306 g/mol. The van der Waals surface area contributed by atoms with Crippen molar-refractivity contribution in [3.8, 4) is 0 Å². The van der Waals surface area contributed by atoms with E-state index in [1.54, 1.807) is 26.8 Å². The van der Waals surface area contributed by atoms with E-state index < -0.39 is 11.5 Å². The molecule has 1 amide bonds. The van der Waals surface area contributed by atoms with Gasteiger partial charge in [0.2, 0.25) is 0 Å². The van der Waals surface area contributed by atoms with Crippen LogP contribution >= 0.6 is 0 Å². The minimum Gasteiger partial charge on any atom is -0.481 e. The molecule has 0 radical (unpaired) electrons. The van der Waals surface area contributed by atoms with Crippen LogP contribution < -0.4 is 5.32 Å². The zero-order valence-corrected chi connectivity index (χ0v) is 12.8. The van der Waals surface area contributed by atoms with Crippen molar-refractivity contribution >= 4 is 22.8 Å².